The summed E-state index contributed by atoms with van der Waals surface area (Å²) in [6, 6.07) is 14.9. The number of hydrogen-bond donors (Lipinski definition) is 0. The first-order valence-electron chi connectivity index (χ1n) is 10.6. The standard InChI is InChI=1S/C24H30N3P/c1-2-10-24-21(7-1)11-16-27(24)17-20-28(18-12-22-8-3-5-14-25-22)19-13-23-9-4-6-15-26-23/h3-6,8-9,11,14-16H,1-2,7,10,12-13,17-20H2. The van der Waals surface area contributed by atoms with Crippen molar-refractivity contribution >= 4 is 7.92 Å². The van der Waals surface area contributed by atoms with E-state index in [0.717, 1.165) is 12.8 Å². The van der Waals surface area contributed by atoms with Crippen LogP contribution in [0.15, 0.2) is 61.1 Å². The molecule has 1 aliphatic rings. The first-order valence-corrected chi connectivity index (χ1v) is 12.5. The highest BCUT2D eigenvalue weighted by Gasteiger charge is 2.15. The van der Waals surface area contributed by atoms with E-state index in [1.807, 2.05) is 24.5 Å². The summed E-state index contributed by atoms with van der Waals surface area (Å²) in [5, 5.41) is 0. The van der Waals surface area contributed by atoms with Gasteiger partial charge < -0.3 is 4.57 Å². The van der Waals surface area contributed by atoms with Gasteiger partial charge in [0.15, 0.2) is 0 Å². The minimum Gasteiger partial charge on any atom is -0.351 e. The van der Waals surface area contributed by atoms with Crippen molar-refractivity contribution in [3.63, 3.8) is 0 Å². The second-order valence-corrected chi connectivity index (χ2v) is 10.4. The van der Waals surface area contributed by atoms with E-state index in [1.165, 1.54) is 62.1 Å². The van der Waals surface area contributed by atoms with Crippen LogP contribution in [0.25, 0.3) is 0 Å². The van der Waals surface area contributed by atoms with Gasteiger partial charge in [-0.05, 0) is 92.9 Å². The Balaban J connectivity index is 1.37. The Labute approximate surface area is 170 Å². The number of rotatable bonds is 9. The molecule has 3 aromatic heterocycles. The SMILES string of the molecule is c1ccc(CCP(CCc2ccccn2)CCn2ccc3c2CCCC3)nc1. The lowest BCUT2D eigenvalue weighted by Gasteiger charge is -2.20. The van der Waals surface area contributed by atoms with Crippen molar-refractivity contribution in [1.82, 2.24) is 14.5 Å². The Morgan fingerprint density at radius 2 is 1.46 bits per heavy atom. The lowest BCUT2D eigenvalue weighted by molar-refractivity contribution is 0.623. The fourth-order valence-electron chi connectivity index (χ4n) is 4.12. The maximum Gasteiger partial charge on any atom is 0.0407 e. The normalized spacial score (nSPS) is 13.6. The van der Waals surface area contributed by atoms with Gasteiger partial charge in [0.1, 0.15) is 0 Å². The van der Waals surface area contributed by atoms with Crippen molar-refractivity contribution < 1.29 is 0 Å². The molecule has 0 saturated heterocycles. The lowest BCUT2D eigenvalue weighted by atomic mass is 9.98. The molecule has 0 saturated carbocycles. The molecule has 3 heterocycles. The molecule has 4 heteroatoms. The highest BCUT2D eigenvalue weighted by atomic mass is 31.1. The third kappa shape index (κ3) is 5.29. The Hall–Kier alpha value is -1.99. The van der Waals surface area contributed by atoms with Gasteiger partial charge in [-0.25, -0.2) is 0 Å². The zero-order valence-electron chi connectivity index (χ0n) is 16.6. The topological polar surface area (TPSA) is 30.7 Å². The molecule has 0 atom stereocenters. The van der Waals surface area contributed by atoms with Gasteiger partial charge in [0, 0.05) is 42.2 Å². The van der Waals surface area contributed by atoms with Gasteiger partial charge in [0.25, 0.3) is 0 Å². The average Bonchev–Trinajstić information content (AvgIpc) is 3.18. The van der Waals surface area contributed by atoms with Crippen LogP contribution in [0.3, 0.4) is 0 Å². The van der Waals surface area contributed by atoms with Crippen molar-refractivity contribution in [3.05, 3.63) is 83.7 Å². The van der Waals surface area contributed by atoms with E-state index in [2.05, 4.69) is 51.1 Å². The molecule has 0 N–H and O–H groups in total. The molecular formula is C24H30N3P. The summed E-state index contributed by atoms with van der Waals surface area (Å²) in [7, 11) is -0.0269. The van der Waals surface area contributed by atoms with E-state index in [4.69, 9.17) is 0 Å². The van der Waals surface area contributed by atoms with E-state index < -0.39 is 0 Å². The predicted molar refractivity (Wildman–Crippen MR) is 118 cm³/mol. The number of aromatic nitrogens is 3. The van der Waals surface area contributed by atoms with Crippen molar-refractivity contribution in [3.8, 4) is 0 Å². The molecule has 28 heavy (non-hydrogen) atoms. The van der Waals surface area contributed by atoms with Crippen molar-refractivity contribution in [2.45, 2.75) is 45.1 Å². The molecule has 1 aliphatic carbocycles. The first kappa shape index (κ1) is 19.3. The molecule has 0 spiro atoms. The summed E-state index contributed by atoms with van der Waals surface area (Å²) in [5.74, 6) is 0. The van der Waals surface area contributed by atoms with Crippen LogP contribution in [0.4, 0.5) is 0 Å². The molecule has 0 fully saturated rings. The second kappa shape index (κ2) is 9.98. The third-order valence-electron chi connectivity index (χ3n) is 5.76. The van der Waals surface area contributed by atoms with Gasteiger partial charge in [0.05, 0.1) is 0 Å². The van der Waals surface area contributed by atoms with Gasteiger partial charge in [0.2, 0.25) is 0 Å². The number of aryl methyl sites for hydroxylation is 4. The molecule has 3 nitrogen and oxygen atoms in total. The molecule has 146 valence electrons. The summed E-state index contributed by atoms with van der Waals surface area (Å²) in [5.41, 5.74) is 5.66. The highest BCUT2D eigenvalue weighted by molar-refractivity contribution is 7.57. The van der Waals surface area contributed by atoms with Gasteiger partial charge >= 0.3 is 0 Å². The molecule has 0 aliphatic heterocycles. The van der Waals surface area contributed by atoms with Crippen molar-refractivity contribution in [1.29, 1.82) is 0 Å². The lowest BCUT2D eigenvalue weighted by Crippen LogP contribution is -2.12. The van der Waals surface area contributed by atoms with Crippen molar-refractivity contribution in [2.75, 3.05) is 18.5 Å². The third-order valence-corrected chi connectivity index (χ3v) is 8.31. The molecule has 0 aromatic carbocycles. The summed E-state index contributed by atoms with van der Waals surface area (Å²) in [4.78, 5) is 9.06. The number of fused-ring (bicyclic) bond motifs is 1. The Morgan fingerprint density at radius 1 is 0.786 bits per heavy atom. The average molecular weight is 391 g/mol. The van der Waals surface area contributed by atoms with E-state index in [9.17, 15) is 0 Å². The summed E-state index contributed by atoms with van der Waals surface area (Å²) >= 11 is 0. The number of hydrogen-bond acceptors (Lipinski definition) is 2. The second-order valence-electron chi connectivity index (χ2n) is 7.67. The van der Waals surface area contributed by atoms with Crippen molar-refractivity contribution in [2.24, 2.45) is 0 Å². The minimum atomic E-state index is -0.0269. The fourth-order valence-corrected chi connectivity index (χ4v) is 6.38. The zero-order chi connectivity index (χ0) is 19.0. The van der Waals surface area contributed by atoms with Crippen LogP contribution in [-0.4, -0.2) is 33.0 Å². The van der Waals surface area contributed by atoms with Crippen LogP contribution in [0.5, 0.6) is 0 Å². The van der Waals surface area contributed by atoms with E-state index in [-0.39, 0.29) is 7.92 Å². The zero-order valence-corrected chi connectivity index (χ0v) is 17.5. The Kier molecular flexibility index (Phi) is 6.89. The molecule has 0 amide bonds. The molecule has 3 aromatic rings. The maximum atomic E-state index is 4.53. The Bertz CT molecular complexity index is 801. The molecule has 0 bridgehead atoms. The van der Waals surface area contributed by atoms with E-state index >= 15 is 0 Å². The number of pyridine rings is 2. The van der Waals surface area contributed by atoms with Crippen LogP contribution >= 0.6 is 7.92 Å². The molecule has 0 unspecified atom stereocenters. The van der Waals surface area contributed by atoms with Gasteiger partial charge in [-0.1, -0.05) is 12.1 Å². The quantitative estimate of drug-likeness (QED) is 0.474. The van der Waals surface area contributed by atoms with Crippen LogP contribution in [-0.2, 0) is 32.2 Å². The van der Waals surface area contributed by atoms with E-state index in [1.54, 1.807) is 11.3 Å². The Morgan fingerprint density at radius 3 is 2.11 bits per heavy atom. The monoisotopic (exact) mass is 391 g/mol. The van der Waals surface area contributed by atoms with E-state index in [0.29, 0.717) is 0 Å². The highest BCUT2D eigenvalue weighted by Crippen LogP contribution is 2.37. The maximum absolute atomic E-state index is 4.53. The molecule has 4 rings (SSSR count). The first-order chi connectivity index (χ1) is 13.9. The smallest absolute Gasteiger partial charge is 0.0407 e. The predicted octanol–water partition coefficient (Wildman–Crippen LogP) is 5.12. The van der Waals surface area contributed by atoms with Gasteiger partial charge in [-0.3, -0.25) is 9.97 Å². The largest absolute Gasteiger partial charge is 0.351 e. The molecular weight excluding hydrogens is 361 g/mol. The van der Waals surface area contributed by atoms with Crippen LogP contribution in [0.1, 0.15) is 35.5 Å². The molecule has 0 radical (unpaired) electrons. The fraction of sp³-hybridized carbons (Fsp3) is 0.417. The van der Waals surface area contributed by atoms with Gasteiger partial charge in [-0.2, -0.15) is 0 Å². The van der Waals surface area contributed by atoms with Crippen LogP contribution in [0, 0.1) is 0 Å². The van der Waals surface area contributed by atoms with Crippen LogP contribution in [0.2, 0.25) is 0 Å². The van der Waals surface area contributed by atoms with Crippen LogP contribution < -0.4 is 0 Å². The number of nitrogens with zero attached hydrogens (tertiary/aromatic N) is 3. The minimum absolute atomic E-state index is 0.0269. The van der Waals surface area contributed by atoms with Gasteiger partial charge in [-0.15, -0.1) is 7.92 Å². The summed E-state index contributed by atoms with van der Waals surface area (Å²) in [6.45, 7) is 1.17. The summed E-state index contributed by atoms with van der Waals surface area (Å²) in [6.07, 6.45) is 17.4. The summed E-state index contributed by atoms with van der Waals surface area (Å²) < 4.78 is 2.55.